The van der Waals surface area contributed by atoms with Gasteiger partial charge in [-0.05, 0) is 57.6 Å². The standard InChI is InChI=1S/C35H25BrN2/c1-35(2)29-15-9-14-26(32(29)27-19-17-25(36)21-30(27)35)24-16-18-28-31(20-24)37-34(23-12-7-4-8-13-23)38-33(28)22-10-5-3-6-11-22/h3-21H,1-2H3. The number of halogens is 1. The van der Waals surface area contributed by atoms with Crippen molar-refractivity contribution in [1.82, 2.24) is 9.97 Å². The first-order chi connectivity index (χ1) is 18.5. The second-order valence-corrected chi connectivity index (χ2v) is 11.3. The van der Waals surface area contributed by atoms with Crippen molar-refractivity contribution in [2.24, 2.45) is 0 Å². The molecule has 0 bridgehead atoms. The third-order valence-corrected chi connectivity index (χ3v) is 8.24. The van der Waals surface area contributed by atoms with Crippen molar-refractivity contribution in [3.05, 3.63) is 131 Å². The molecule has 2 nitrogen and oxygen atoms in total. The van der Waals surface area contributed by atoms with E-state index in [9.17, 15) is 0 Å². The molecular formula is C35H25BrN2. The lowest BCUT2D eigenvalue weighted by Crippen LogP contribution is -2.14. The Bertz CT molecular complexity index is 1840. The Morgan fingerprint density at radius 1 is 0.579 bits per heavy atom. The third kappa shape index (κ3) is 3.61. The predicted octanol–water partition coefficient (Wildman–Crippen LogP) is 9.70. The maximum atomic E-state index is 5.08. The molecule has 0 N–H and O–H groups in total. The van der Waals surface area contributed by atoms with Crippen molar-refractivity contribution < 1.29 is 0 Å². The number of aromatic nitrogens is 2. The molecule has 7 rings (SSSR count). The summed E-state index contributed by atoms with van der Waals surface area (Å²) >= 11 is 3.69. The number of fused-ring (bicyclic) bond motifs is 4. The van der Waals surface area contributed by atoms with Crippen LogP contribution in [0.3, 0.4) is 0 Å². The molecule has 182 valence electrons. The van der Waals surface area contributed by atoms with Crippen LogP contribution in [0.25, 0.3) is 55.8 Å². The number of hydrogen-bond donors (Lipinski definition) is 0. The van der Waals surface area contributed by atoms with E-state index in [1.54, 1.807) is 0 Å². The quantitative estimate of drug-likeness (QED) is 0.218. The summed E-state index contributed by atoms with van der Waals surface area (Å²) < 4.78 is 1.11. The molecule has 0 atom stereocenters. The minimum absolute atomic E-state index is 0.0650. The smallest absolute Gasteiger partial charge is 0.160 e. The molecule has 1 aromatic heterocycles. The van der Waals surface area contributed by atoms with Crippen LogP contribution in [0.4, 0.5) is 0 Å². The monoisotopic (exact) mass is 552 g/mol. The Morgan fingerprint density at radius 3 is 2.08 bits per heavy atom. The fourth-order valence-electron chi connectivity index (χ4n) is 5.83. The maximum Gasteiger partial charge on any atom is 0.160 e. The van der Waals surface area contributed by atoms with Crippen molar-refractivity contribution in [2.45, 2.75) is 19.3 Å². The topological polar surface area (TPSA) is 25.8 Å². The second-order valence-electron chi connectivity index (χ2n) is 10.4. The highest BCUT2D eigenvalue weighted by atomic mass is 79.9. The van der Waals surface area contributed by atoms with E-state index in [1.165, 1.54) is 27.8 Å². The van der Waals surface area contributed by atoms with Gasteiger partial charge in [-0.3, -0.25) is 0 Å². The minimum atomic E-state index is -0.0650. The van der Waals surface area contributed by atoms with Crippen LogP contribution in [0.15, 0.2) is 120 Å². The van der Waals surface area contributed by atoms with Gasteiger partial charge in [0.1, 0.15) is 0 Å². The largest absolute Gasteiger partial charge is 0.228 e. The lowest BCUT2D eigenvalue weighted by molar-refractivity contribution is 0.660. The van der Waals surface area contributed by atoms with E-state index >= 15 is 0 Å². The highest BCUT2D eigenvalue weighted by Crippen LogP contribution is 2.52. The molecule has 1 aliphatic carbocycles. The first-order valence-electron chi connectivity index (χ1n) is 12.9. The normalized spacial score (nSPS) is 13.3. The van der Waals surface area contributed by atoms with E-state index in [2.05, 4.69) is 121 Å². The summed E-state index contributed by atoms with van der Waals surface area (Å²) in [5.41, 5.74) is 11.7. The first kappa shape index (κ1) is 23.1. The summed E-state index contributed by atoms with van der Waals surface area (Å²) in [5, 5.41) is 1.05. The van der Waals surface area contributed by atoms with Gasteiger partial charge in [-0.2, -0.15) is 0 Å². The number of nitrogens with zero attached hydrogens (tertiary/aromatic N) is 2. The average molecular weight is 554 g/mol. The van der Waals surface area contributed by atoms with Gasteiger partial charge in [-0.25, -0.2) is 9.97 Å². The third-order valence-electron chi connectivity index (χ3n) is 7.75. The maximum absolute atomic E-state index is 5.08. The Hall–Kier alpha value is -4.08. The zero-order valence-corrected chi connectivity index (χ0v) is 22.8. The van der Waals surface area contributed by atoms with Crippen molar-refractivity contribution in [3.63, 3.8) is 0 Å². The van der Waals surface area contributed by atoms with E-state index in [4.69, 9.17) is 9.97 Å². The lowest BCUT2D eigenvalue weighted by atomic mass is 9.82. The van der Waals surface area contributed by atoms with E-state index in [-0.39, 0.29) is 5.41 Å². The molecule has 0 saturated heterocycles. The molecule has 38 heavy (non-hydrogen) atoms. The van der Waals surface area contributed by atoms with Crippen LogP contribution in [0, 0.1) is 0 Å². The van der Waals surface area contributed by atoms with Crippen molar-refractivity contribution in [3.8, 4) is 44.9 Å². The van der Waals surface area contributed by atoms with Gasteiger partial charge in [0.05, 0.1) is 11.2 Å². The molecule has 0 fully saturated rings. The van der Waals surface area contributed by atoms with E-state index in [0.29, 0.717) is 0 Å². The van der Waals surface area contributed by atoms with Crippen LogP contribution in [0.5, 0.6) is 0 Å². The van der Waals surface area contributed by atoms with Gasteiger partial charge < -0.3 is 0 Å². The van der Waals surface area contributed by atoms with Gasteiger partial charge in [0.15, 0.2) is 5.82 Å². The molecule has 0 spiro atoms. The Labute approximate surface area is 231 Å². The number of hydrogen-bond acceptors (Lipinski definition) is 2. The molecule has 6 aromatic rings. The second kappa shape index (κ2) is 8.75. The molecule has 0 aliphatic heterocycles. The highest BCUT2D eigenvalue weighted by molar-refractivity contribution is 9.10. The summed E-state index contributed by atoms with van der Waals surface area (Å²) in [6.45, 7) is 4.64. The minimum Gasteiger partial charge on any atom is -0.228 e. The average Bonchev–Trinajstić information content (AvgIpc) is 3.19. The zero-order chi connectivity index (χ0) is 25.9. The molecule has 1 heterocycles. The fourth-order valence-corrected chi connectivity index (χ4v) is 6.19. The van der Waals surface area contributed by atoms with Gasteiger partial charge in [0, 0.05) is 26.4 Å². The SMILES string of the molecule is CC1(C)c2cc(Br)ccc2-c2c(-c3ccc4c(-c5ccccc5)nc(-c5ccccc5)nc4c3)cccc21. The van der Waals surface area contributed by atoms with Crippen LogP contribution in [-0.4, -0.2) is 9.97 Å². The molecular weight excluding hydrogens is 528 g/mol. The number of rotatable bonds is 3. The fraction of sp³-hybridized carbons (Fsp3) is 0.0857. The van der Waals surface area contributed by atoms with Gasteiger partial charge in [0.25, 0.3) is 0 Å². The van der Waals surface area contributed by atoms with Crippen LogP contribution >= 0.6 is 15.9 Å². The molecule has 0 saturated carbocycles. The first-order valence-corrected chi connectivity index (χ1v) is 13.7. The predicted molar refractivity (Wildman–Crippen MR) is 161 cm³/mol. The van der Waals surface area contributed by atoms with E-state index in [0.717, 1.165) is 43.6 Å². The molecule has 0 amide bonds. The Kier molecular flexibility index (Phi) is 5.31. The summed E-state index contributed by atoms with van der Waals surface area (Å²) in [6.07, 6.45) is 0. The van der Waals surface area contributed by atoms with Gasteiger partial charge >= 0.3 is 0 Å². The lowest BCUT2D eigenvalue weighted by Gasteiger charge is -2.22. The number of benzene rings is 5. The van der Waals surface area contributed by atoms with Crippen LogP contribution in [0.2, 0.25) is 0 Å². The Morgan fingerprint density at radius 2 is 1.32 bits per heavy atom. The van der Waals surface area contributed by atoms with Gasteiger partial charge in [0.2, 0.25) is 0 Å². The van der Waals surface area contributed by atoms with E-state index < -0.39 is 0 Å². The van der Waals surface area contributed by atoms with Gasteiger partial charge in [-0.15, -0.1) is 0 Å². The van der Waals surface area contributed by atoms with Crippen molar-refractivity contribution in [1.29, 1.82) is 0 Å². The molecule has 3 heteroatoms. The van der Waals surface area contributed by atoms with Crippen LogP contribution in [0.1, 0.15) is 25.0 Å². The Balaban J connectivity index is 1.48. The molecule has 0 radical (unpaired) electrons. The van der Waals surface area contributed by atoms with Crippen LogP contribution in [-0.2, 0) is 5.41 Å². The molecule has 5 aromatic carbocycles. The van der Waals surface area contributed by atoms with Crippen molar-refractivity contribution >= 4 is 26.8 Å². The summed E-state index contributed by atoms with van der Waals surface area (Å²) in [7, 11) is 0. The molecule has 1 aliphatic rings. The van der Waals surface area contributed by atoms with Gasteiger partial charge in [-0.1, -0.05) is 121 Å². The molecule has 0 unspecified atom stereocenters. The van der Waals surface area contributed by atoms with Crippen LogP contribution < -0.4 is 0 Å². The van der Waals surface area contributed by atoms with E-state index in [1.807, 2.05) is 24.3 Å². The zero-order valence-electron chi connectivity index (χ0n) is 21.2. The summed E-state index contributed by atoms with van der Waals surface area (Å²) in [5.74, 6) is 0.740. The summed E-state index contributed by atoms with van der Waals surface area (Å²) in [4.78, 5) is 10.1. The summed E-state index contributed by atoms with van der Waals surface area (Å²) in [6, 6.07) is 40.6. The van der Waals surface area contributed by atoms with Crippen molar-refractivity contribution in [2.75, 3.05) is 0 Å². The highest BCUT2D eigenvalue weighted by Gasteiger charge is 2.36.